The Morgan fingerprint density at radius 1 is 1.00 bits per heavy atom. The molecule has 3 rings (SSSR count). The Hall–Kier alpha value is -1.84. The van der Waals surface area contributed by atoms with Crippen molar-refractivity contribution in [2.75, 3.05) is 51.0 Å². The number of likely N-dealkylation sites (N-methyl/N-ethyl adjacent to an activating group) is 1. The van der Waals surface area contributed by atoms with Crippen LogP contribution in [0.15, 0.2) is 47.4 Å². The highest BCUT2D eigenvalue weighted by Crippen LogP contribution is 2.27. The van der Waals surface area contributed by atoms with Crippen LogP contribution in [0.3, 0.4) is 0 Å². The van der Waals surface area contributed by atoms with Gasteiger partial charge >= 0.3 is 0 Å². The average Bonchev–Trinajstić information content (AvgIpc) is 2.76. The number of hydrogen-bond acceptors (Lipinski definition) is 5. The number of unbranched alkanes of at least 4 members (excludes halogenated alkanes) is 1. The maximum Gasteiger partial charge on any atom is 0.263 e. The van der Waals surface area contributed by atoms with Crippen LogP contribution in [0.1, 0.15) is 23.2 Å². The van der Waals surface area contributed by atoms with Gasteiger partial charge in [-0.15, -0.1) is 0 Å². The molecule has 0 atom stereocenters. The molecule has 2 N–H and O–H groups in total. The van der Waals surface area contributed by atoms with Crippen LogP contribution in [0.2, 0.25) is 10.0 Å². The number of nitrogens with zero attached hydrogens (tertiary/aromatic N) is 2. The molecule has 1 aliphatic rings. The van der Waals surface area contributed by atoms with Crippen LogP contribution < -0.4 is 10.0 Å². The molecule has 0 bridgehead atoms. The molecule has 1 amide bonds. The number of anilines is 1. The number of piperazine rings is 1. The number of hydrogen-bond donors (Lipinski definition) is 2. The smallest absolute Gasteiger partial charge is 0.263 e. The first-order valence-corrected chi connectivity index (χ1v) is 12.8. The first kappa shape index (κ1) is 24.8. The van der Waals surface area contributed by atoms with Crippen molar-refractivity contribution in [2.45, 2.75) is 17.7 Å². The largest absolute Gasteiger partial charge is 0.352 e. The summed E-state index contributed by atoms with van der Waals surface area (Å²) in [7, 11) is -1.76. The van der Waals surface area contributed by atoms with Crippen LogP contribution in [-0.4, -0.2) is 70.4 Å². The SMILES string of the molecule is CN1CCN(CCCCNC(=O)c2ccc(NS(=O)(=O)c3cc(Cl)ccc3Cl)cc2)CC1. The Morgan fingerprint density at radius 2 is 1.69 bits per heavy atom. The normalized spacial score (nSPS) is 15.5. The summed E-state index contributed by atoms with van der Waals surface area (Å²) in [6.45, 7) is 6.07. The van der Waals surface area contributed by atoms with Gasteiger partial charge in [-0.1, -0.05) is 23.2 Å². The highest BCUT2D eigenvalue weighted by Gasteiger charge is 2.19. The van der Waals surface area contributed by atoms with Crippen LogP contribution in [0, 0.1) is 0 Å². The predicted molar refractivity (Wildman–Crippen MR) is 129 cm³/mol. The highest BCUT2D eigenvalue weighted by molar-refractivity contribution is 7.92. The maximum absolute atomic E-state index is 12.6. The molecular weight excluding hydrogens is 471 g/mol. The zero-order valence-electron chi connectivity index (χ0n) is 18.0. The van der Waals surface area contributed by atoms with Gasteiger partial charge in [0.05, 0.1) is 5.02 Å². The summed E-state index contributed by atoms with van der Waals surface area (Å²) in [5, 5.41) is 3.26. The molecule has 2 aromatic rings. The molecule has 1 aliphatic heterocycles. The van der Waals surface area contributed by atoms with E-state index < -0.39 is 10.0 Å². The number of sulfonamides is 1. The average molecular weight is 499 g/mol. The van der Waals surface area contributed by atoms with Crippen LogP contribution in [0.25, 0.3) is 0 Å². The van der Waals surface area contributed by atoms with Gasteiger partial charge in [0, 0.05) is 49.0 Å². The Bertz CT molecular complexity index is 1020. The predicted octanol–water partition coefficient (Wildman–Crippen LogP) is 3.55. The molecule has 1 fully saturated rings. The van der Waals surface area contributed by atoms with E-state index in [0.717, 1.165) is 45.6 Å². The molecule has 0 aromatic heterocycles. The molecule has 1 saturated heterocycles. The van der Waals surface area contributed by atoms with Crippen molar-refractivity contribution in [1.29, 1.82) is 0 Å². The van der Waals surface area contributed by atoms with Crippen molar-refractivity contribution in [3.8, 4) is 0 Å². The fourth-order valence-electron chi connectivity index (χ4n) is 3.42. The van der Waals surface area contributed by atoms with E-state index in [1.54, 1.807) is 12.1 Å². The molecule has 32 heavy (non-hydrogen) atoms. The third-order valence-electron chi connectivity index (χ3n) is 5.36. The Kier molecular flexibility index (Phi) is 8.79. The van der Waals surface area contributed by atoms with Crippen molar-refractivity contribution < 1.29 is 13.2 Å². The summed E-state index contributed by atoms with van der Waals surface area (Å²) in [5.74, 6) is -0.183. The van der Waals surface area contributed by atoms with Gasteiger partial charge in [0.25, 0.3) is 15.9 Å². The van der Waals surface area contributed by atoms with Crippen molar-refractivity contribution in [2.24, 2.45) is 0 Å². The molecule has 0 unspecified atom stereocenters. The number of carbonyl (C=O) groups is 1. The highest BCUT2D eigenvalue weighted by atomic mass is 35.5. The maximum atomic E-state index is 12.6. The molecule has 10 heteroatoms. The second-order valence-electron chi connectivity index (χ2n) is 7.87. The summed E-state index contributed by atoms with van der Waals surface area (Å²) >= 11 is 11.9. The lowest BCUT2D eigenvalue weighted by atomic mass is 10.2. The van der Waals surface area contributed by atoms with Gasteiger partial charge in [-0.3, -0.25) is 9.52 Å². The van der Waals surface area contributed by atoms with Crippen molar-refractivity contribution in [1.82, 2.24) is 15.1 Å². The van der Waals surface area contributed by atoms with Gasteiger partial charge in [0.15, 0.2) is 0 Å². The number of benzene rings is 2. The van der Waals surface area contributed by atoms with E-state index in [4.69, 9.17) is 23.2 Å². The van der Waals surface area contributed by atoms with E-state index in [0.29, 0.717) is 17.8 Å². The van der Waals surface area contributed by atoms with E-state index in [9.17, 15) is 13.2 Å². The Balaban J connectivity index is 1.45. The number of halogens is 2. The van der Waals surface area contributed by atoms with E-state index in [2.05, 4.69) is 26.9 Å². The fourth-order valence-corrected chi connectivity index (χ4v) is 5.24. The molecular formula is C22H28Cl2N4O3S. The number of amides is 1. The Labute approximate surface area is 199 Å². The topological polar surface area (TPSA) is 81.8 Å². The van der Waals surface area contributed by atoms with Crippen LogP contribution in [0.5, 0.6) is 0 Å². The summed E-state index contributed by atoms with van der Waals surface area (Å²) in [5.41, 5.74) is 0.789. The first-order chi connectivity index (χ1) is 15.2. The standard InChI is InChI=1S/C22H28Cl2N4O3S/c1-27-12-14-28(15-13-27)11-3-2-10-25-22(29)17-4-7-19(8-5-17)26-32(30,31)21-16-18(23)6-9-20(21)24/h4-9,16,26H,2-3,10-15H2,1H3,(H,25,29). The van der Waals surface area contributed by atoms with Crippen LogP contribution in [0.4, 0.5) is 5.69 Å². The van der Waals surface area contributed by atoms with Gasteiger partial charge in [-0.05, 0) is 68.9 Å². The minimum Gasteiger partial charge on any atom is -0.352 e. The summed E-state index contributed by atoms with van der Waals surface area (Å²) < 4.78 is 27.6. The van der Waals surface area contributed by atoms with Gasteiger partial charge in [-0.25, -0.2) is 8.42 Å². The number of rotatable bonds is 9. The first-order valence-electron chi connectivity index (χ1n) is 10.5. The molecule has 0 saturated carbocycles. The zero-order chi connectivity index (χ0) is 23.1. The minimum atomic E-state index is -3.91. The molecule has 0 radical (unpaired) electrons. The monoisotopic (exact) mass is 498 g/mol. The van der Waals surface area contributed by atoms with Crippen molar-refractivity contribution >= 4 is 44.8 Å². The molecule has 1 heterocycles. The molecule has 2 aromatic carbocycles. The van der Waals surface area contributed by atoms with E-state index in [1.807, 2.05) is 0 Å². The third-order valence-corrected chi connectivity index (χ3v) is 7.46. The lowest BCUT2D eigenvalue weighted by Gasteiger charge is -2.32. The van der Waals surface area contributed by atoms with E-state index in [1.165, 1.54) is 30.3 Å². The van der Waals surface area contributed by atoms with E-state index in [-0.39, 0.29) is 20.8 Å². The van der Waals surface area contributed by atoms with Gasteiger partial charge < -0.3 is 15.1 Å². The quantitative estimate of drug-likeness (QED) is 0.516. The van der Waals surface area contributed by atoms with Gasteiger partial charge in [0.1, 0.15) is 4.90 Å². The number of carbonyl (C=O) groups excluding carboxylic acids is 1. The lowest BCUT2D eigenvalue weighted by Crippen LogP contribution is -2.44. The summed E-state index contributed by atoms with van der Waals surface area (Å²) in [6, 6.07) is 10.5. The molecule has 0 spiro atoms. The second kappa shape index (κ2) is 11.3. The number of nitrogens with one attached hydrogen (secondary N) is 2. The fraction of sp³-hybridized carbons (Fsp3) is 0.409. The molecule has 0 aliphatic carbocycles. The summed E-state index contributed by atoms with van der Waals surface area (Å²) in [4.78, 5) is 17.0. The molecule has 7 nitrogen and oxygen atoms in total. The second-order valence-corrected chi connectivity index (χ2v) is 10.4. The van der Waals surface area contributed by atoms with Crippen molar-refractivity contribution in [3.05, 3.63) is 58.1 Å². The van der Waals surface area contributed by atoms with Crippen LogP contribution >= 0.6 is 23.2 Å². The molecule has 174 valence electrons. The van der Waals surface area contributed by atoms with Crippen LogP contribution in [-0.2, 0) is 10.0 Å². The van der Waals surface area contributed by atoms with Crippen molar-refractivity contribution in [3.63, 3.8) is 0 Å². The Morgan fingerprint density at radius 3 is 2.38 bits per heavy atom. The lowest BCUT2D eigenvalue weighted by molar-refractivity contribution is 0.0952. The third kappa shape index (κ3) is 7.08. The van der Waals surface area contributed by atoms with E-state index >= 15 is 0 Å². The summed E-state index contributed by atoms with van der Waals surface area (Å²) in [6.07, 6.45) is 1.95. The zero-order valence-corrected chi connectivity index (χ0v) is 20.3. The van der Waals surface area contributed by atoms with Gasteiger partial charge in [-0.2, -0.15) is 0 Å². The van der Waals surface area contributed by atoms with Gasteiger partial charge in [0.2, 0.25) is 0 Å². The minimum absolute atomic E-state index is 0.0746.